The van der Waals surface area contributed by atoms with E-state index in [1.54, 1.807) is 48.5 Å². The van der Waals surface area contributed by atoms with Gasteiger partial charge in [-0.1, -0.05) is 36.4 Å². The van der Waals surface area contributed by atoms with E-state index < -0.39 is 6.43 Å². The average Bonchev–Trinajstić information content (AvgIpc) is 2.87. The Morgan fingerprint density at radius 2 is 1.81 bits per heavy atom. The van der Waals surface area contributed by atoms with E-state index in [1.165, 1.54) is 4.57 Å². The number of imidazole rings is 1. The van der Waals surface area contributed by atoms with Gasteiger partial charge in [0.1, 0.15) is 6.29 Å². The Morgan fingerprint density at radius 1 is 1.10 bits per heavy atom. The van der Waals surface area contributed by atoms with E-state index in [0.717, 1.165) is 11.8 Å². The highest BCUT2D eigenvalue weighted by atomic mass is 19.3. The molecule has 0 saturated heterocycles. The predicted octanol–water partition coefficient (Wildman–Crippen LogP) is 3.83. The molecule has 0 unspecified atom stereocenters. The van der Waals surface area contributed by atoms with Crippen LogP contribution >= 0.6 is 0 Å². The minimum absolute atomic E-state index is 0.240. The van der Waals surface area contributed by atoms with Crippen LogP contribution in [0, 0.1) is 0 Å². The van der Waals surface area contributed by atoms with Crippen LogP contribution in [0.4, 0.5) is 8.78 Å². The van der Waals surface area contributed by atoms with Crippen LogP contribution in [0.5, 0.6) is 0 Å². The minimum Gasteiger partial charge on any atom is -0.319 e. The number of carbonyl (C=O) groups is 1. The zero-order chi connectivity index (χ0) is 14.8. The minimum atomic E-state index is -2.63. The van der Waals surface area contributed by atoms with Crippen LogP contribution in [-0.4, -0.2) is 15.8 Å². The Bertz CT molecular complexity index is 779. The fourth-order valence-electron chi connectivity index (χ4n) is 2.31. The molecule has 1 heterocycles. The second-order valence-electron chi connectivity index (χ2n) is 4.70. The van der Waals surface area contributed by atoms with E-state index in [2.05, 4.69) is 4.98 Å². The second-order valence-corrected chi connectivity index (χ2v) is 4.70. The maximum absolute atomic E-state index is 13.2. The highest BCUT2D eigenvalue weighted by Gasteiger charge is 2.18. The van der Waals surface area contributed by atoms with Gasteiger partial charge in [-0.3, -0.25) is 4.79 Å². The predicted molar refractivity (Wildman–Crippen MR) is 75.6 cm³/mol. The zero-order valence-corrected chi connectivity index (χ0v) is 11.0. The van der Waals surface area contributed by atoms with E-state index in [4.69, 9.17) is 0 Å². The van der Waals surface area contributed by atoms with E-state index in [-0.39, 0.29) is 5.82 Å². The first kappa shape index (κ1) is 13.4. The Hall–Kier alpha value is -2.56. The van der Waals surface area contributed by atoms with Crippen LogP contribution in [-0.2, 0) is 6.54 Å². The number of carbonyl (C=O) groups excluding carboxylic acids is 1. The highest BCUT2D eigenvalue weighted by molar-refractivity contribution is 5.76. The summed E-state index contributed by atoms with van der Waals surface area (Å²) in [5.74, 6) is -0.240. The molecule has 106 valence electrons. The van der Waals surface area contributed by atoms with Gasteiger partial charge in [-0.05, 0) is 17.7 Å². The number of fused-ring (bicyclic) bond motifs is 1. The number of aldehydes is 1. The Balaban J connectivity index is 2.05. The van der Waals surface area contributed by atoms with Crippen molar-refractivity contribution in [1.82, 2.24) is 9.55 Å². The van der Waals surface area contributed by atoms with Crippen molar-refractivity contribution in [3.05, 3.63) is 65.5 Å². The number of hydrogen-bond donors (Lipinski definition) is 0. The lowest BCUT2D eigenvalue weighted by Crippen LogP contribution is -2.05. The molecule has 0 atom stereocenters. The number of aromatic nitrogens is 2. The molecular weight excluding hydrogens is 274 g/mol. The molecule has 0 spiro atoms. The molecule has 5 heteroatoms. The number of benzene rings is 2. The molecule has 0 saturated carbocycles. The second kappa shape index (κ2) is 5.44. The molecule has 0 aliphatic rings. The van der Waals surface area contributed by atoms with Gasteiger partial charge in [0.2, 0.25) is 0 Å². The average molecular weight is 286 g/mol. The largest absolute Gasteiger partial charge is 0.319 e. The SMILES string of the molecule is O=Cc1ccc(Cn2c(C(F)F)nc3ccccc32)cc1. The fraction of sp³-hybridized carbons (Fsp3) is 0.125. The lowest BCUT2D eigenvalue weighted by Gasteiger charge is -2.09. The number of rotatable bonds is 4. The maximum Gasteiger partial charge on any atom is 0.295 e. The quantitative estimate of drug-likeness (QED) is 0.683. The molecule has 1 aromatic heterocycles. The molecule has 3 nitrogen and oxygen atoms in total. The van der Waals surface area contributed by atoms with Gasteiger partial charge in [0.15, 0.2) is 5.82 Å². The third kappa shape index (κ3) is 2.54. The highest BCUT2D eigenvalue weighted by Crippen LogP contribution is 2.25. The summed E-state index contributed by atoms with van der Waals surface area (Å²) in [5.41, 5.74) is 2.62. The lowest BCUT2D eigenvalue weighted by atomic mass is 10.1. The summed E-state index contributed by atoms with van der Waals surface area (Å²) in [4.78, 5) is 14.6. The molecule has 3 aromatic rings. The van der Waals surface area contributed by atoms with Crippen molar-refractivity contribution in [3.8, 4) is 0 Å². The summed E-state index contributed by atoms with van der Waals surface area (Å²) in [7, 11) is 0. The molecule has 0 aliphatic carbocycles. The van der Waals surface area contributed by atoms with E-state index in [0.29, 0.717) is 23.1 Å². The van der Waals surface area contributed by atoms with Crippen molar-refractivity contribution in [2.24, 2.45) is 0 Å². The monoisotopic (exact) mass is 286 g/mol. The maximum atomic E-state index is 13.2. The van der Waals surface area contributed by atoms with Crippen LogP contribution in [0.3, 0.4) is 0 Å². The number of hydrogen-bond acceptors (Lipinski definition) is 2. The van der Waals surface area contributed by atoms with Gasteiger partial charge in [-0.15, -0.1) is 0 Å². The summed E-state index contributed by atoms with van der Waals surface area (Å²) in [5, 5.41) is 0. The summed E-state index contributed by atoms with van der Waals surface area (Å²) in [6.45, 7) is 0.291. The zero-order valence-electron chi connectivity index (χ0n) is 11.0. The van der Waals surface area contributed by atoms with Crippen LogP contribution in [0.1, 0.15) is 28.2 Å². The van der Waals surface area contributed by atoms with Crippen LogP contribution < -0.4 is 0 Å². The van der Waals surface area contributed by atoms with E-state index in [9.17, 15) is 13.6 Å². The van der Waals surface area contributed by atoms with Gasteiger partial charge in [-0.2, -0.15) is 0 Å². The van der Waals surface area contributed by atoms with E-state index in [1.807, 2.05) is 0 Å². The standard InChI is InChI=1S/C16H12F2N2O/c17-15(18)16-19-13-3-1-2-4-14(13)20(16)9-11-5-7-12(10-21)8-6-11/h1-8,10,15H,9H2. The number of nitrogens with zero attached hydrogens (tertiary/aromatic N) is 2. The van der Waals surface area contributed by atoms with Crippen LogP contribution in [0.25, 0.3) is 11.0 Å². The molecular formula is C16H12F2N2O. The number of para-hydroxylation sites is 2. The van der Waals surface area contributed by atoms with Gasteiger partial charge in [-0.25, -0.2) is 13.8 Å². The van der Waals surface area contributed by atoms with Crippen LogP contribution in [0.2, 0.25) is 0 Å². The summed E-state index contributed by atoms with van der Waals surface area (Å²) >= 11 is 0. The molecule has 0 radical (unpaired) electrons. The normalized spacial score (nSPS) is 11.2. The molecule has 3 rings (SSSR count). The number of halogens is 2. The van der Waals surface area contributed by atoms with Gasteiger partial charge < -0.3 is 4.57 Å². The van der Waals surface area contributed by atoms with Gasteiger partial charge >= 0.3 is 0 Å². The summed E-state index contributed by atoms with van der Waals surface area (Å²) in [6.07, 6.45) is -1.88. The van der Waals surface area contributed by atoms with Gasteiger partial charge in [0.25, 0.3) is 6.43 Å². The lowest BCUT2D eigenvalue weighted by molar-refractivity contribution is 0.112. The van der Waals surface area contributed by atoms with Crippen molar-refractivity contribution in [2.75, 3.05) is 0 Å². The van der Waals surface area contributed by atoms with Crippen molar-refractivity contribution >= 4 is 17.3 Å². The first-order chi connectivity index (χ1) is 10.2. The van der Waals surface area contributed by atoms with Crippen molar-refractivity contribution in [3.63, 3.8) is 0 Å². The molecule has 0 fully saturated rings. The van der Waals surface area contributed by atoms with E-state index >= 15 is 0 Å². The fourth-order valence-corrected chi connectivity index (χ4v) is 2.31. The smallest absolute Gasteiger partial charge is 0.295 e. The first-order valence-electron chi connectivity index (χ1n) is 6.46. The third-order valence-corrected chi connectivity index (χ3v) is 3.34. The topological polar surface area (TPSA) is 34.9 Å². The van der Waals surface area contributed by atoms with Crippen LogP contribution in [0.15, 0.2) is 48.5 Å². The molecule has 21 heavy (non-hydrogen) atoms. The molecule has 0 N–H and O–H groups in total. The van der Waals surface area contributed by atoms with Gasteiger partial charge in [0, 0.05) is 12.1 Å². The Labute approximate surface area is 119 Å². The molecule has 2 aromatic carbocycles. The summed E-state index contributed by atoms with van der Waals surface area (Å²) in [6, 6.07) is 13.9. The van der Waals surface area contributed by atoms with Crippen molar-refractivity contribution < 1.29 is 13.6 Å². The molecule has 0 aliphatic heterocycles. The van der Waals surface area contributed by atoms with Crippen molar-refractivity contribution in [1.29, 1.82) is 0 Å². The Morgan fingerprint density at radius 3 is 2.48 bits per heavy atom. The van der Waals surface area contributed by atoms with Gasteiger partial charge in [0.05, 0.1) is 11.0 Å². The third-order valence-electron chi connectivity index (χ3n) is 3.34. The molecule has 0 amide bonds. The molecule has 0 bridgehead atoms. The summed E-state index contributed by atoms with van der Waals surface area (Å²) < 4.78 is 27.8. The Kier molecular flexibility index (Phi) is 3.48. The first-order valence-corrected chi connectivity index (χ1v) is 6.46. The van der Waals surface area contributed by atoms with Crippen molar-refractivity contribution in [2.45, 2.75) is 13.0 Å². The number of alkyl halides is 2.